The first-order valence-corrected chi connectivity index (χ1v) is 2.70. The standard InChI is InChI=1S/C4H6F3N2O/c5-4(6,7)10-3-1-8-2-9-3/h3,8H,1-2H2. The van der Waals surface area contributed by atoms with Gasteiger partial charge in [0.05, 0.1) is 6.67 Å². The third-order valence-electron chi connectivity index (χ3n) is 0.995. The molecule has 0 aromatic heterocycles. The Hall–Kier alpha value is -0.330. The molecule has 0 aromatic carbocycles. The molecule has 1 fully saturated rings. The average Bonchev–Trinajstić information content (AvgIpc) is 2.12. The first-order chi connectivity index (χ1) is 4.58. The van der Waals surface area contributed by atoms with Crippen LogP contribution in [0.5, 0.6) is 0 Å². The third-order valence-corrected chi connectivity index (χ3v) is 0.995. The van der Waals surface area contributed by atoms with E-state index in [1.807, 2.05) is 0 Å². The predicted octanol–water partition coefficient (Wildman–Crippen LogP) is 0.0140. The molecule has 6 heteroatoms. The van der Waals surface area contributed by atoms with Gasteiger partial charge < -0.3 is 0 Å². The number of rotatable bonds is 1. The van der Waals surface area contributed by atoms with Gasteiger partial charge in [-0.1, -0.05) is 0 Å². The Balaban J connectivity index is 2.24. The number of alkyl halides is 3. The van der Waals surface area contributed by atoms with Gasteiger partial charge in [-0.3, -0.25) is 10.1 Å². The molecule has 0 saturated carbocycles. The van der Waals surface area contributed by atoms with Crippen molar-refractivity contribution in [3.63, 3.8) is 0 Å². The number of nitrogens with one attached hydrogen (secondary N) is 1. The molecule has 1 N–H and O–H groups in total. The van der Waals surface area contributed by atoms with Crippen LogP contribution in [0, 0.1) is 0 Å². The van der Waals surface area contributed by atoms with Crippen LogP contribution in [0.25, 0.3) is 0 Å². The van der Waals surface area contributed by atoms with Crippen molar-refractivity contribution in [2.24, 2.45) is 0 Å². The summed E-state index contributed by atoms with van der Waals surface area (Å²) in [4.78, 5) is 0. The number of ether oxygens (including phenoxy) is 1. The molecule has 1 radical (unpaired) electrons. The predicted molar refractivity (Wildman–Crippen MR) is 25.9 cm³/mol. The molecule has 0 amide bonds. The Morgan fingerprint density at radius 3 is 2.60 bits per heavy atom. The van der Waals surface area contributed by atoms with Crippen molar-refractivity contribution in [3.05, 3.63) is 0 Å². The van der Waals surface area contributed by atoms with E-state index in [0.29, 0.717) is 0 Å². The second-order valence-electron chi connectivity index (χ2n) is 1.81. The van der Waals surface area contributed by atoms with Crippen LogP contribution in [-0.2, 0) is 4.74 Å². The maximum atomic E-state index is 11.4. The second-order valence-corrected chi connectivity index (χ2v) is 1.81. The Bertz CT molecular complexity index is 110. The SMILES string of the molecule is FC(F)(F)OC1CNC[N]1. The van der Waals surface area contributed by atoms with Crippen LogP contribution >= 0.6 is 0 Å². The minimum Gasteiger partial charge on any atom is -0.299 e. The molecule has 1 saturated heterocycles. The van der Waals surface area contributed by atoms with Crippen molar-refractivity contribution in [1.82, 2.24) is 10.6 Å². The molecule has 0 bridgehead atoms. The van der Waals surface area contributed by atoms with E-state index in [4.69, 9.17) is 0 Å². The minimum atomic E-state index is -4.57. The van der Waals surface area contributed by atoms with E-state index >= 15 is 0 Å². The van der Waals surface area contributed by atoms with Crippen molar-refractivity contribution in [2.45, 2.75) is 12.6 Å². The summed E-state index contributed by atoms with van der Waals surface area (Å²) in [6.45, 7) is 0.375. The Kier molecular flexibility index (Phi) is 2.12. The van der Waals surface area contributed by atoms with Crippen LogP contribution in [0.4, 0.5) is 13.2 Å². The molecule has 1 aliphatic rings. The van der Waals surface area contributed by atoms with Crippen LogP contribution in [0.2, 0.25) is 0 Å². The highest BCUT2D eigenvalue weighted by atomic mass is 19.4. The van der Waals surface area contributed by atoms with E-state index in [-0.39, 0.29) is 13.2 Å². The van der Waals surface area contributed by atoms with E-state index in [1.165, 1.54) is 0 Å². The van der Waals surface area contributed by atoms with Crippen LogP contribution in [0.1, 0.15) is 0 Å². The number of halogens is 3. The van der Waals surface area contributed by atoms with Gasteiger partial charge in [0.25, 0.3) is 0 Å². The molecule has 1 rings (SSSR count). The van der Waals surface area contributed by atoms with Gasteiger partial charge in [0, 0.05) is 6.54 Å². The van der Waals surface area contributed by atoms with Crippen molar-refractivity contribution >= 4 is 0 Å². The van der Waals surface area contributed by atoms with E-state index in [1.54, 1.807) is 0 Å². The van der Waals surface area contributed by atoms with E-state index < -0.39 is 12.6 Å². The van der Waals surface area contributed by atoms with Crippen molar-refractivity contribution in [1.29, 1.82) is 0 Å². The zero-order valence-corrected chi connectivity index (χ0v) is 4.98. The summed E-state index contributed by atoms with van der Waals surface area (Å²) in [5, 5.41) is 6.07. The molecule has 1 heterocycles. The first-order valence-electron chi connectivity index (χ1n) is 2.70. The highest BCUT2D eigenvalue weighted by Gasteiger charge is 2.35. The van der Waals surface area contributed by atoms with Crippen LogP contribution in [-0.4, -0.2) is 25.8 Å². The quantitative estimate of drug-likeness (QED) is 0.579. The Morgan fingerprint density at radius 1 is 1.50 bits per heavy atom. The highest BCUT2D eigenvalue weighted by molar-refractivity contribution is 4.65. The van der Waals surface area contributed by atoms with Crippen molar-refractivity contribution in [2.75, 3.05) is 13.2 Å². The fourth-order valence-corrected chi connectivity index (χ4v) is 0.652. The van der Waals surface area contributed by atoms with Gasteiger partial charge in [0.1, 0.15) is 6.23 Å². The number of nitrogens with zero attached hydrogens (tertiary/aromatic N) is 1. The molecule has 3 nitrogen and oxygen atoms in total. The highest BCUT2D eigenvalue weighted by Crippen LogP contribution is 2.18. The maximum Gasteiger partial charge on any atom is 0.524 e. The van der Waals surface area contributed by atoms with E-state index in [2.05, 4.69) is 15.4 Å². The van der Waals surface area contributed by atoms with Gasteiger partial charge in [-0.2, -0.15) is 5.32 Å². The van der Waals surface area contributed by atoms with Gasteiger partial charge >= 0.3 is 6.36 Å². The summed E-state index contributed by atoms with van der Waals surface area (Å²) < 4.78 is 37.8. The van der Waals surface area contributed by atoms with Crippen LogP contribution in [0.15, 0.2) is 0 Å². The van der Waals surface area contributed by atoms with Gasteiger partial charge in [-0.25, -0.2) is 0 Å². The lowest BCUT2D eigenvalue weighted by Crippen LogP contribution is -2.29. The minimum absolute atomic E-state index is 0.138. The van der Waals surface area contributed by atoms with E-state index in [9.17, 15) is 13.2 Å². The normalized spacial score (nSPS) is 27.3. The summed E-state index contributed by atoms with van der Waals surface area (Å²) >= 11 is 0. The monoisotopic (exact) mass is 155 g/mol. The largest absolute Gasteiger partial charge is 0.524 e. The first kappa shape index (κ1) is 7.77. The number of hydrogen-bond acceptors (Lipinski definition) is 2. The zero-order valence-electron chi connectivity index (χ0n) is 4.98. The zero-order chi connectivity index (χ0) is 7.61. The molecule has 1 unspecified atom stereocenters. The molecular formula is C4H6F3N2O. The van der Waals surface area contributed by atoms with E-state index in [0.717, 1.165) is 0 Å². The average molecular weight is 155 g/mol. The molecule has 1 atom stereocenters. The van der Waals surface area contributed by atoms with Crippen molar-refractivity contribution < 1.29 is 17.9 Å². The third kappa shape index (κ3) is 2.51. The molecule has 1 aliphatic heterocycles. The molecule has 10 heavy (non-hydrogen) atoms. The van der Waals surface area contributed by atoms with Gasteiger partial charge in [0.2, 0.25) is 0 Å². The van der Waals surface area contributed by atoms with Crippen molar-refractivity contribution in [3.8, 4) is 0 Å². The lowest BCUT2D eigenvalue weighted by atomic mass is 10.6. The Morgan fingerprint density at radius 2 is 2.20 bits per heavy atom. The molecule has 0 spiro atoms. The fourth-order valence-electron chi connectivity index (χ4n) is 0.652. The molecule has 59 valence electrons. The van der Waals surface area contributed by atoms with Gasteiger partial charge in [0.15, 0.2) is 0 Å². The van der Waals surface area contributed by atoms with Gasteiger partial charge in [-0.05, 0) is 0 Å². The molecular weight excluding hydrogens is 149 g/mol. The summed E-state index contributed by atoms with van der Waals surface area (Å²) in [5.41, 5.74) is 0. The Labute approximate surface area is 55.5 Å². The summed E-state index contributed by atoms with van der Waals surface area (Å²) in [6, 6.07) is 0. The lowest BCUT2D eigenvalue weighted by molar-refractivity contribution is -0.343. The smallest absolute Gasteiger partial charge is 0.299 e. The summed E-state index contributed by atoms with van der Waals surface area (Å²) in [6.07, 6.45) is -5.62. The van der Waals surface area contributed by atoms with Gasteiger partial charge in [-0.15, -0.1) is 13.2 Å². The molecule has 0 aromatic rings. The topological polar surface area (TPSA) is 35.4 Å². The maximum absolute atomic E-state index is 11.4. The fraction of sp³-hybridized carbons (Fsp3) is 1.00. The number of hydrogen-bond donors (Lipinski definition) is 1. The van der Waals surface area contributed by atoms with Crippen LogP contribution < -0.4 is 10.6 Å². The lowest BCUT2D eigenvalue weighted by Gasteiger charge is -2.11. The summed E-state index contributed by atoms with van der Waals surface area (Å²) in [5.74, 6) is 0. The van der Waals surface area contributed by atoms with Crippen LogP contribution in [0.3, 0.4) is 0 Å². The summed E-state index contributed by atoms with van der Waals surface area (Å²) in [7, 11) is 0. The molecule has 0 aliphatic carbocycles. The second kappa shape index (κ2) is 2.73.